The minimum Gasteiger partial charge on any atom is -0.482 e. The fourth-order valence-electron chi connectivity index (χ4n) is 3.14. The second-order valence-electron chi connectivity index (χ2n) is 5.93. The lowest BCUT2D eigenvalue weighted by Crippen LogP contribution is -2.49. The predicted molar refractivity (Wildman–Crippen MR) is 93.6 cm³/mol. The first kappa shape index (κ1) is 19.2. The summed E-state index contributed by atoms with van der Waals surface area (Å²) in [6.07, 6.45) is 1.00. The summed E-state index contributed by atoms with van der Waals surface area (Å²) in [5.74, 6) is -0.144. The van der Waals surface area contributed by atoms with Crippen molar-refractivity contribution in [1.82, 2.24) is 15.1 Å². The summed E-state index contributed by atoms with van der Waals surface area (Å²) in [7, 11) is 0. The molecule has 0 aliphatic carbocycles. The first-order chi connectivity index (χ1) is 11.1. The van der Waals surface area contributed by atoms with Crippen LogP contribution in [-0.2, 0) is 4.79 Å². The molecule has 134 valence electrons. The van der Waals surface area contributed by atoms with Crippen LogP contribution in [0.25, 0.3) is 0 Å². The largest absolute Gasteiger partial charge is 0.482 e. The van der Waals surface area contributed by atoms with Crippen molar-refractivity contribution in [2.75, 3.05) is 45.9 Å². The number of hydrogen-bond donors (Lipinski definition) is 1. The van der Waals surface area contributed by atoms with E-state index in [0.29, 0.717) is 11.8 Å². The Balaban J connectivity index is 0.00000208. The minimum atomic E-state index is -0.424. The molecular weight excluding hydrogens is 356 g/mol. The third-order valence-electron chi connectivity index (χ3n) is 4.43. The second-order valence-corrected chi connectivity index (χ2v) is 6.34. The van der Waals surface area contributed by atoms with Crippen LogP contribution in [0.5, 0.6) is 5.75 Å². The zero-order valence-electron chi connectivity index (χ0n) is 13.3. The molecule has 1 atom stereocenters. The summed E-state index contributed by atoms with van der Waals surface area (Å²) in [5.41, 5.74) is 0. The maximum Gasteiger partial charge on any atom is 0.260 e. The van der Waals surface area contributed by atoms with Gasteiger partial charge in [0.25, 0.3) is 5.91 Å². The quantitative estimate of drug-likeness (QED) is 0.868. The molecular formula is C16H22Cl2FN3O2. The number of nitrogens with zero attached hydrogens (tertiary/aromatic N) is 2. The molecule has 0 bridgehead atoms. The summed E-state index contributed by atoms with van der Waals surface area (Å²) in [4.78, 5) is 16.6. The molecule has 0 spiro atoms. The van der Waals surface area contributed by atoms with Gasteiger partial charge in [0.15, 0.2) is 6.61 Å². The van der Waals surface area contributed by atoms with Crippen molar-refractivity contribution in [3.8, 4) is 5.75 Å². The average Bonchev–Trinajstić information content (AvgIpc) is 3.05. The highest BCUT2D eigenvalue weighted by Gasteiger charge is 2.31. The van der Waals surface area contributed by atoms with Gasteiger partial charge in [-0.15, -0.1) is 12.4 Å². The number of piperazine rings is 1. The zero-order chi connectivity index (χ0) is 16.2. The molecule has 1 N–H and O–H groups in total. The van der Waals surface area contributed by atoms with Gasteiger partial charge in [-0.3, -0.25) is 9.69 Å². The molecule has 1 amide bonds. The van der Waals surface area contributed by atoms with Crippen molar-refractivity contribution in [2.24, 2.45) is 0 Å². The normalized spacial score (nSPS) is 21.4. The highest BCUT2D eigenvalue weighted by atomic mass is 35.5. The van der Waals surface area contributed by atoms with Crippen LogP contribution in [0.1, 0.15) is 6.42 Å². The molecule has 3 rings (SSSR count). The monoisotopic (exact) mass is 377 g/mol. The number of amides is 1. The molecule has 2 fully saturated rings. The first-order valence-corrected chi connectivity index (χ1v) is 8.31. The highest BCUT2D eigenvalue weighted by Crippen LogP contribution is 2.25. The number of ether oxygens (including phenoxy) is 1. The lowest BCUT2D eigenvalue weighted by Gasteiger charge is -2.32. The number of nitrogens with one attached hydrogen (secondary N) is 1. The van der Waals surface area contributed by atoms with Gasteiger partial charge in [-0.1, -0.05) is 11.6 Å². The van der Waals surface area contributed by atoms with E-state index >= 15 is 0 Å². The van der Waals surface area contributed by atoms with Crippen LogP contribution in [0.3, 0.4) is 0 Å². The second kappa shape index (κ2) is 8.85. The van der Waals surface area contributed by atoms with Gasteiger partial charge in [0, 0.05) is 45.3 Å². The third-order valence-corrected chi connectivity index (χ3v) is 4.72. The molecule has 2 heterocycles. The molecule has 24 heavy (non-hydrogen) atoms. The zero-order valence-corrected chi connectivity index (χ0v) is 14.9. The molecule has 2 aliphatic rings. The Hall–Kier alpha value is -1.08. The number of carbonyl (C=O) groups is 1. The third kappa shape index (κ3) is 4.72. The fraction of sp³-hybridized carbons (Fsp3) is 0.562. The molecule has 0 radical (unpaired) electrons. The standard InChI is InChI=1S/C16H21ClFN3O2.ClH/c17-14-9-12(18)1-2-15(14)23-11-16(22)21-6-3-13(10-21)20-7-4-19-5-8-20;/h1-2,9,13,19H,3-8,10-11H2;1H. The Labute approximate surface area is 152 Å². The summed E-state index contributed by atoms with van der Waals surface area (Å²) in [6, 6.07) is 4.33. The molecule has 1 aromatic carbocycles. The number of halogens is 3. The predicted octanol–water partition coefficient (Wildman–Crippen LogP) is 1.79. The van der Waals surface area contributed by atoms with Crippen molar-refractivity contribution in [2.45, 2.75) is 12.5 Å². The van der Waals surface area contributed by atoms with E-state index in [4.69, 9.17) is 16.3 Å². The van der Waals surface area contributed by atoms with E-state index in [-0.39, 0.29) is 29.9 Å². The molecule has 1 unspecified atom stereocenters. The molecule has 0 saturated carbocycles. The first-order valence-electron chi connectivity index (χ1n) is 7.94. The van der Waals surface area contributed by atoms with Gasteiger partial charge >= 0.3 is 0 Å². The number of benzene rings is 1. The van der Waals surface area contributed by atoms with Gasteiger partial charge in [-0.05, 0) is 24.6 Å². The summed E-state index contributed by atoms with van der Waals surface area (Å²) in [5, 5.41) is 3.52. The number of likely N-dealkylation sites (tertiary alicyclic amines) is 1. The molecule has 1 aromatic rings. The molecule has 2 aliphatic heterocycles. The lowest BCUT2D eigenvalue weighted by atomic mass is 10.2. The molecule has 5 nitrogen and oxygen atoms in total. The maximum atomic E-state index is 13.0. The van der Waals surface area contributed by atoms with E-state index in [1.54, 1.807) is 0 Å². The summed E-state index contributed by atoms with van der Waals surface area (Å²) in [6.45, 7) is 5.53. The average molecular weight is 378 g/mol. The van der Waals surface area contributed by atoms with Gasteiger partial charge < -0.3 is 15.0 Å². The van der Waals surface area contributed by atoms with E-state index in [1.807, 2.05) is 4.90 Å². The van der Waals surface area contributed by atoms with E-state index < -0.39 is 5.82 Å². The van der Waals surface area contributed by atoms with Gasteiger partial charge in [0.05, 0.1) is 5.02 Å². The molecule has 2 saturated heterocycles. The molecule has 0 aromatic heterocycles. The molecule has 8 heteroatoms. The van der Waals surface area contributed by atoms with Crippen LogP contribution in [0.4, 0.5) is 4.39 Å². The van der Waals surface area contributed by atoms with Crippen molar-refractivity contribution < 1.29 is 13.9 Å². The fourth-order valence-corrected chi connectivity index (χ4v) is 3.36. The Kier molecular flexibility index (Phi) is 7.10. The van der Waals surface area contributed by atoms with Crippen LogP contribution in [0.15, 0.2) is 18.2 Å². The Morgan fingerprint density at radius 1 is 1.33 bits per heavy atom. The van der Waals surface area contributed by atoms with Crippen LogP contribution in [-0.4, -0.2) is 67.6 Å². The summed E-state index contributed by atoms with van der Waals surface area (Å²) >= 11 is 5.89. The van der Waals surface area contributed by atoms with Gasteiger partial charge in [0.1, 0.15) is 11.6 Å². The smallest absolute Gasteiger partial charge is 0.260 e. The SMILES string of the molecule is Cl.O=C(COc1ccc(F)cc1Cl)N1CCC(N2CCNCC2)C1. The van der Waals surface area contributed by atoms with E-state index in [9.17, 15) is 9.18 Å². The summed E-state index contributed by atoms with van der Waals surface area (Å²) < 4.78 is 18.4. The number of hydrogen-bond acceptors (Lipinski definition) is 4. The Bertz CT molecular complexity index is 570. The topological polar surface area (TPSA) is 44.8 Å². The van der Waals surface area contributed by atoms with Crippen LogP contribution in [0.2, 0.25) is 5.02 Å². The van der Waals surface area contributed by atoms with Crippen molar-refractivity contribution >= 4 is 29.9 Å². The van der Waals surface area contributed by atoms with Crippen LogP contribution < -0.4 is 10.1 Å². The van der Waals surface area contributed by atoms with E-state index in [2.05, 4.69) is 10.2 Å². The van der Waals surface area contributed by atoms with E-state index in [0.717, 1.165) is 45.7 Å². The maximum absolute atomic E-state index is 13.0. The lowest BCUT2D eigenvalue weighted by molar-refractivity contribution is -0.132. The van der Waals surface area contributed by atoms with Crippen LogP contribution in [0, 0.1) is 5.82 Å². The highest BCUT2D eigenvalue weighted by molar-refractivity contribution is 6.32. The van der Waals surface area contributed by atoms with Crippen molar-refractivity contribution in [3.63, 3.8) is 0 Å². The van der Waals surface area contributed by atoms with Gasteiger partial charge in [-0.25, -0.2) is 4.39 Å². The number of carbonyl (C=O) groups excluding carboxylic acids is 1. The van der Waals surface area contributed by atoms with Gasteiger partial charge in [0.2, 0.25) is 0 Å². The van der Waals surface area contributed by atoms with Crippen molar-refractivity contribution in [1.29, 1.82) is 0 Å². The van der Waals surface area contributed by atoms with E-state index in [1.165, 1.54) is 18.2 Å². The Morgan fingerprint density at radius 2 is 2.08 bits per heavy atom. The minimum absolute atomic E-state index is 0. The number of rotatable bonds is 4. The van der Waals surface area contributed by atoms with Crippen LogP contribution >= 0.6 is 24.0 Å². The van der Waals surface area contributed by atoms with Gasteiger partial charge in [-0.2, -0.15) is 0 Å². The Morgan fingerprint density at radius 3 is 2.79 bits per heavy atom. The van der Waals surface area contributed by atoms with Crippen molar-refractivity contribution in [3.05, 3.63) is 29.0 Å².